The van der Waals surface area contributed by atoms with E-state index in [1.807, 2.05) is 62.5 Å². The minimum Gasteiger partial charge on any atom is -0.383 e. The van der Waals surface area contributed by atoms with Crippen molar-refractivity contribution in [2.75, 3.05) is 19.6 Å². The quantitative estimate of drug-likeness (QED) is 0.446. The topological polar surface area (TPSA) is 110 Å². The summed E-state index contributed by atoms with van der Waals surface area (Å²) in [6.45, 7) is 3.77. The third-order valence-corrected chi connectivity index (χ3v) is 5.14. The fourth-order valence-electron chi connectivity index (χ4n) is 3.47. The van der Waals surface area contributed by atoms with Gasteiger partial charge in [-0.25, -0.2) is 15.0 Å². The standard InChI is InChI=1S/C22H25N7O/c1-14-7-3-4-8-15(14)19(23)28-20-16-9-5-6-10-17(16)26-22(29(20)2)27-18-13-24-11-12-25-21(18)30/h3-10,18,24H,11-13H2,1-2H3,(H2,23,28)(H,25,30). The number of para-hydroxylation sites is 1. The molecule has 1 saturated heterocycles. The molecule has 2 heterocycles. The maximum Gasteiger partial charge on any atom is 0.246 e. The predicted octanol–water partition coefficient (Wildman–Crippen LogP) is 0.907. The average Bonchev–Trinajstić information content (AvgIpc) is 2.95. The van der Waals surface area contributed by atoms with Crippen LogP contribution in [0.25, 0.3) is 10.9 Å². The van der Waals surface area contributed by atoms with Crippen LogP contribution >= 0.6 is 0 Å². The van der Waals surface area contributed by atoms with Crippen molar-refractivity contribution < 1.29 is 4.79 Å². The lowest BCUT2D eigenvalue weighted by atomic mass is 10.1. The molecule has 8 heteroatoms. The lowest BCUT2D eigenvalue weighted by Crippen LogP contribution is -2.37. The first-order valence-electron chi connectivity index (χ1n) is 9.93. The zero-order valence-electron chi connectivity index (χ0n) is 17.1. The van der Waals surface area contributed by atoms with Crippen molar-refractivity contribution in [1.82, 2.24) is 20.2 Å². The van der Waals surface area contributed by atoms with E-state index in [9.17, 15) is 4.79 Å². The highest BCUT2D eigenvalue weighted by Crippen LogP contribution is 2.23. The fourth-order valence-corrected chi connectivity index (χ4v) is 3.47. The Bertz CT molecular complexity index is 1200. The van der Waals surface area contributed by atoms with Gasteiger partial charge < -0.3 is 16.4 Å². The van der Waals surface area contributed by atoms with Crippen molar-refractivity contribution in [3.05, 3.63) is 65.3 Å². The highest BCUT2D eigenvalue weighted by Gasteiger charge is 2.20. The second-order valence-corrected chi connectivity index (χ2v) is 7.26. The van der Waals surface area contributed by atoms with Crippen LogP contribution in [0.5, 0.6) is 0 Å². The minimum absolute atomic E-state index is 0.112. The second kappa shape index (κ2) is 8.46. The van der Waals surface area contributed by atoms with Gasteiger partial charge in [-0.3, -0.25) is 9.36 Å². The molecule has 8 nitrogen and oxygen atoms in total. The molecule has 2 aromatic carbocycles. The number of carbonyl (C=O) groups is 1. The Morgan fingerprint density at radius 1 is 1.17 bits per heavy atom. The average molecular weight is 403 g/mol. The zero-order valence-corrected chi connectivity index (χ0v) is 17.1. The number of amides is 1. The lowest BCUT2D eigenvalue weighted by Gasteiger charge is -2.13. The van der Waals surface area contributed by atoms with Gasteiger partial charge in [-0.15, -0.1) is 0 Å². The molecule has 0 aliphatic carbocycles. The van der Waals surface area contributed by atoms with Gasteiger partial charge in [0.2, 0.25) is 11.5 Å². The fraction of sp³-hybridized carbons (Fsp3) is 0.273. The van der Waals surface area contributed by atoms with Gasteiger partial charge >= 0.3 is 0 Å². The summed E-state index contributed by atoms with van der Waals surface area (Å²) in [4.78, 5) is 26.4. The SMILES string of the molecule is Cc1ccccc1/C(N)=N/c1c2ccccc2nc(=NC2CNCCNC2=O)n1C. The van der Waals surface area contributed by atoms with E-state index in [2.05, 4.69) is 20.6 Å². The zero-order chi connectivity index (χ0) is 21.1. The maximum atomic E-state index is 12.3. The second-order valence-electron chi connectivity index (χ2n) is 7.26. The Hall–Kier alpha value is -3.52. The number of hydrogen-bond donors (Lipinski definition) is 3. The van der Waals surface area contributed by atoms with Gasteiger partial charge in [0, 0.05) is 37.6 Å². The molecule has 30 heavy (non-hydrogen) atoms. The van der Waals surface area contributed by atoms with E-state index in [-0.39, 0.29) is 5.91 Å². The molecular formula is C22H25N7O. The number of amidine groups is 1. The molecule has 0 bridgehead atoms. The van der Waals surface area contributed by atoms with Gasteiger partial charge in [-0.05, 0) is 24.6 Å². The Balaban J connectivity index is 1.90. The first kappa shape index (κ1) is 19.8. The van der Waals surface area contributed by atoms with Gasteiger partial charge in [0.25, 0.3) is 0 Å². The molecular weight excluding hydrogens is 378 g/mol. The summed E-state index contributed by atoms with van der Waals surface area (Å²) in [6, 6.07) is 15.0. The number of benzene rings is 2. The molecule has 0 spiro atoms. The summed E-state index contributed by atoms with van der Waals surface area (Å²) in [5.74, 6) is 0.946. The lowest BCUT2D eigenvalue weighted by molar-refractivity contribution is -0.121. The van der Waals surface area contributed by atoms with E-state index in [0.717, 1.165) is 28.6 Å². The van der Waals surface area contributed by atoms with Crippen LogP contribution < -0.4 is 22.0 Å². The van der Waals surface area contributed by atoms with E-state index in [1.165, 1.54) is 0 Å². The molecule has 0 saturated carbocycles. The number of nitrogens with one attached hydrogen (secondary N) is 2. The summed E-state index contributed by atoms with van der Waals surface area (Å²) >= 11 is 0. The van der Waals surface area contributed by atoms with Crippen LogP contribution in [0.2, 0.25) is 0 Å². The highest BCUT2D eigenvalue weighted by atomic mass is 16.2. The molecule has 4 N–H and O–H groups in total. The first-order chi connectivity index (χ1) is 14.5. The summed E-state index contributed by atoms with van der Waals surface area (Å²) in [5, 5.41) is 6.94. The molecule has 1 atom stereocenters. The normalized spacial score (nSPS) is 18.3. The summed E-state index contributed by atoms with van der Waals surface area (Å²) in [6.07, 6.45) is 0. The van der Waals surface area contributed by atoms with Crippen LogP contribution in [0.3, 0.4) is 0 Å². The van der Waals surface area contributed by atoms with Gasteiger partial charge in [-0.1, -0.05) is 36.4 Å². The Labute approximate surface area is 174 Å². The van der Waals surface area contributed by atoms with Gasteiger partial charge in [-0.2, -0.15) is 0 Å². The van der Waals surface area contributed by atoms with Crippen LogP contribution in [-0.4, -0.2) is 47.0 Å². The summed E-state index contributed by atoms with van der Waals surface area (Å²) in [5.41, 5.74) is 9.47. The largest absolute Gasteiger partial charge is 0.383 e. The van der Waals surface area contributed by atoms with Crippen molar-refractivity contribution in [2.45, 2.75) is 13.0 Å². The van der Waals surface area contributed by atoms with Crippen LogP contribution in [0.4, 0.5) is 5.82 Å². The number of nitrogens with zero attached hydrogens (tertiary/aromatic N) is 4. The van der Waals surface area contributed by atoms with Crippen molar-refractivity contribution in [3.8, 4) is 0 Å². The molecule has 1 fully saturated rings. The van der Waals surface area contributed by atoms with Gasteiger partial charge in [0.05, 0.1) is 5.52 Å². The smallest absolute Gasteiger partial charge is 0.246 e. The Morgan fingerprint density at radius 3 is 2.77 bits per heavy atom. The maximum absolute atomic E-state index is 12.3. The van der Waals surface area contributed by atoms with Crippen molar-refractivity contribution in [3.63, 3.8) is 0 Å². The van der Waals surface area contributed by atoms with E-state index >= 15 is 0 Å². The van der Waals surface area contributed by atoms with E-state index in [0.29, 0.717) is 30.4 Å². The first-order valence-corrected chi connectivity index (χ1v) is 9.93. The van der Waals surface area contributed by atoms with Crippen molar-refractivity contribution in [2.24, 2.45) is 22.8 Å². The number of fused-ring (bicyclic) bond motifs is 1. The van der Waals surface area contributed by atoms with Crippen LogP contribution in [-0.2, 0) is 11.8 Å². The van der Waals surface area contributed by atoms with Crippen LogP contribution in [0.15, 0.2) is 58.5 Å². The number of carbonyl (C=O) groups excluding carboxylic acids is 1. The molecule has 1 amide bonds. The molecule has 1 aliphatic rings. The Morgan fingerprint density at radius 2 is 1.93 bits per heavy atom. The molecule has 1 unspecified atom stereocenters. The monoisotopic (exact) mass is 403 g/mol. The molecule has 1 aliphatic heterocycles. The van der Waals surface area contributed by atoms with E-state index in [1.54, 1.807) is 4.57 Å². The van der Waals surface area contributed by atoms with Crippen LogP contribution in [0, 0.1) is 6.92 Å². The summed E-state index contributed by atoms with van der Waals surface area (Å²) < 4.78 is 1.78. The van der Waals surface area contributed by atoms with Crippen molar-refractivity contribution >= 4 is 28.5 Å². The number of aliphatic imine (C=N–C) groups is 1. The third kappa shape index (κ3) is 3.95. The highest BCUT2D eigenvalue weighted by molar-refractivity contribution is 6.02. The number of aromatic nitrogens is 2. The number of nitrogens with two attached hydrogens (primary N) is 1. The molecule has 154 valence electrons. The van der Waals surface area contributed by atoms with E-state index < -0.39 is 6.04 Å². The third-order valence-electron chi connectivity index (χ3n) is 5.14. The Kier molecular flexibility index (Phi) is 5.58. The number of aryl methyl sites for hydroxylation is 1. The van der Waals surface area contributed by atoms with Crippen molar-refractivity contribution in [1.29, 1.82) is 0 Å². The molecule has 4 rings (SSSR count). The molecule has 3 aromatic rings. The minimum atomic E-state index is -0.557. The van der Waals surface area contributed by atoms with E-state index in [4.69, 9.17) is 10.7 Å². The summed E-state index contributed by atoms with van der Waals surface area (Å²) in [7, 11) is 1.84. The predicted molar refractivity (Wildman–Crippen MR) is 118 cm³/mol. The van der Waals surface area contributed by atoms with Gasteiger partial charge in [0.15, 0.2) is 0 Å². The molecule has 0 radical (unpaired) electrons. The number of hydrogen-bond acceptors (Lipinski definition) is 5. The van der Waals surface area contributed by atoms with Crippen LogP contribution in [0.1, 0.15) is 11.1 Å². The van der Waals surface area contributed by atoms with Gasteiger partial charge in [0.1, 0.15) is 17.7 Å². The number of rotatable bonds is 3. The molecule has 1 aromatic heterocycles.